The number of Topliss-reactive ketones (excluding diaryl/α,β-unsaturated/α-hetero) is 2. The summed E-state index contributed by atoms with van der Waals surface area (Å²) in [6.45, 7) is 10.8. The number of rotatable bonds is 3. The Kier molecular flexibility index (Phi) is 5.10. The molecule has 0 heterocycles. The first-order chi connectivity index (χ1) is 11.0. The van der Waals surface area contributed by atoms with Crippen LogP contribution in [-0.4, -0.2) is 16.4 Å². The average Bonchev–Trinajstić information content (AvgIpc) is 2.50. The summed E-state index contributed by atoms with van der Waals surface area (Å²) in [6.07, 6.45) is 0.923. The lowest BCUT2D eigenvalue weighted by Gasteiger charge is -2.34. The SMILES string of the molecule is Cc1c(C)c(CF)c(C)c(C(=S)C2C(=O)CCC(C)(C)C2=O)c1C. The number of hydrogen-bond acceptors (Lipinski definition) is 3. The molecule has 1 aromatic carbocycles. The van der Waals surface area contributed by atoms with Gasteiger partial charge in [0, 0.05) is 16.7 Å². The molecule has 1 unspecified atom stereocenters. The van der Waals surface area contributed by atoms with Gasteiger partial charge >= 0.3 is 0 Å². The molecule has 4 heteroatoms. The molecule has 24 heavy (non-hydrogen) atoms. The quantitative estimate of drug-likeness (QED) is 0.452. The highest BCUT2D eigenvalue weighted by atomic mass is 32.1. The summed E-state index contributed by atoms with van der Waals surface area (Å²) in [5, 5.41) is 0. The predicted octanol–water partition coefficient (Wildman–Crippen LogP) is 4.68. The van der Waals surface area contributed by atoms with Gasteiger partial charge < -0.3 is 0 Å². The summed E-state index contributed by atoms with van der Waals surface area (Å²) in [6, 6.07) is 0. The van der Waals surface area contributed by atoms with E-state index in [1.54, 1.807) is 0 Å². The minimum Gasteiger partial charge on any atom is -0.298 e. The van der Waals surface area contributed by atoms with Gasteiger partial charge in [0.25, 0.3) is 0 Å². The van der Waals surface area contributed by atoms with Crippen molar-refractivity contribution in [3.63, 3.8) is 0 Å². The first-order valence-electron chi connectivity index (χ1n) is 8.31. The third-order valence-corrected chi connectivity index (χ3v) is 6.11. The Morgan fingerprint density at radius 1 is 1.08 bits per heavy atom. The number of ketones is 2. The van der Waals surface area contributed by atoms with E-state index in [-0.39, 0.29) is 11.6 Å². The summed E-state index contributed by atoms with van der Waals surface area (Å²) in [4.78, 5) is 25.6. The van der Waals surface area contributed by atoms with Crippen molar-refractivity contribution in [1.29, 1.82) is 0 Å². The summed E-state index contributed by atoms with van der Waals surface area (Å²) in [5.41, 5.74) is 4.37. The number of alkyl halides is 1. The van der Waals surface area contributed by atoms with Crippen LogP contribution in [0.15, 0.2) is 0 Å². The Morgan fingerprint density at radius 2 is 1.67 bits per heavy atom. The highest BCUT2D eigenvalue weighted by Gasteiger charge is 2.44. The zero-order chi connectivity index (χ0) is 18.4. The maximum Gasteiger partial charge on any atom is 0.154 e. The molecule has 0 N–H and O–H groups in total. The van der Waals surface area contributed by atoms with Crippen molar-refractivity contribution in [1.82, 2.24) is 0 Å². The lowest BCUT2D eigenvalue weighted by molar-refractivity contribution is -0.139. The number of carbonyl (C=O) groups is 2. The van der Waals surface area contributed by atoms with Crippen LogP contribution < -0.4 is 0 Å². The van der Waals surface area contributed by atoms with Crippen LogP contribution >= 0.6 is 12.2 Å². The van der Waals surface area contributed by atoms with Gasteiger partial charge in [0.05, 0.1) is 0 Å². The monoisotopic (exact) mass is 348 g/mol. The Labute approximate surface area is 148 Å². The Morgan fingerprint density at radius 3 is 2.21 bits per heavy atom. The van der Waals surface area contributed by atoms with Crippen LogP contribution in [0.4, 0.5) is 4.39 Å². The molecule has 1 atom stereocenters. The molecule has 0 saturated heterocycles. The van der Waals surface area contributed by atoms with E-state index < -0.39 is 18.0 Å². The third kappa shape index (κ3) is 2.85. The van der Waals surface area contributed by atoms with E-state index in [1.807, 2.05) is 41.5 Å². The van der Waals surface area contributed by atoms with Gasteiger partial charge in [-0.15, -0.1) is 0 Å². The smallest absolute Gasteiger partial charge is 0.154 e. The molecule has 1 aliphatic rings. The standard InChI is InChI=1S/C20H25FO2S/c1-10-11(2)14(9-21)13(4)16(12(10)3)18(24)17-15(22)7-8-20(5,6)19(17)23/h17H,7-9H2,1-6H3. The van der Waals surface area contributed by atoms with E-state index in [9.17, 15) is 14.0 Å². The molecule has 2 nitrogen and oxygen atoms in total. The summed E-state index contributed by atoms with van der Waals surface area (Å²) < 4.78 is 13.5. The Bertz CT molecular complexity index is 747. The molecule has 1 fully saturated rings. The van der Waals surface area contributed by atoms with E-state index >= 15 is 0 Å². The molecular formula is C20H25FO2S. The van der Waals surface area contributed by atoms with Crippen LogP contribution in [0.3, 0.4) is 0 Å². The summed E-state index contributed by atoms with van der Waals surface area (Å²) >= 11 is 5.62. The van der Waals surface area contributed by atoms with Gasteiger partial charge in [-0.05, 0) is 67.5 Å². The number of halogens is 1. The topological polar surface area (TPSA) is 34.1 Å². The number of carbonyl (C=O) groups excluding carboxylic acids is 2. The van der Waals surface area contributed by atoms with Gasteiger partial charge in [-0.2, -0.15) is 0 Å². The predicted molar refractivity (Wildman–Crippen MR) is 98.4 cm³/mol. The van der Waals surface area contributed by atoms with Gasteiger partial charge in [-0.1, -0.05) is 26.1 Å². The second-order valence-corrected chi connectivity index (χ2v) is 7.94. The number of thiocarbonyl (C=S) groups is 1. The van der Waals surface area contributed by atoms with Crippen LogP contribution in [0.5, 0.6) is 0 Å². The fourth-order valence-corrected chi connectivity index (χ4v) is 4.17. The van der Waals surface area contributed by atoms with E-state index in [0.717, 1.165) is 22.3 Å². The van der Waals surface area contributed by atoms with Gasteiger partial charge in [-0.3, -0.25) is 9.59 Å². The van der Waals surface area contributed by atoms with E-state index in [0.29, 0.717) is 28.8 Å². The fraction of sp³-hybridized carbons (Fsp3) is 0.550. The molecule has 0 aliphatic heterocycles. The van der Waals surface area contributed by atoms with Gasteiger partial charge in [-0.25, -0.2) is 4.39 Å². The first kappa shape index (κ1) is 18.9. The average molecular weight is 348 g/mol. The van der Waals surface area contributed by atoms with Crippen molar-refractivity contribution in [2.24, 2.45) is 11.3 Å². The van der Waals surface area contributed by atoms with Crippen LogP contribution in [-0.2, 0) is 16.3 Å². The molecule has 0 spiro atoms. The lowest BCUT2D eigenvalue weighted by atomic mass is 9.68. The Hall–Kier alpha value is -1.42. The van der Waals surface area contributed by atoms with Gasteiger partial charge in [0.15, 0.2) is 5.78 Å². The second kappa shape index (κ2) is 6.47. The highest BCUT2D eigenvalue weighted by Crippen LogP contribution is 2.37. The first-order valence-corrected chi connectivity index (χ1v) is 8.71. The minimum absolute atomic E-state index is 0.108. The van der Waals surface area contributed by atoms with Crippen molar-refractivity contribution in [2.45, 2.75) is 61.1 Å². The summed E-state index contributed by atoms with van der Waals surface area (Å²) in [7, 11) is 0. The number of benzene rings is 1. The molecule has 1 saturated carbocycles. The zero-order valence-corrected chi connectivity index (χ0v) is 16.1. The van der Waals surface area contributed by atoms with Crippen LogP contribution in [0.25, 0.3) is 0 Å². The van der Waals surface area contributed by atoms with Gasteiger partial charge in [0.1, 0.15) is 18.4 Å². The van der Waals surface area contributed by atoms with Crippen LogP contribution in [0, 0.1) is 39.0 Å². The van der Waals surface area contributed by atoms with Gasteiger partial charge in [0.2, 0.25) is 0 Å². The van der Waals surface area contributed by atoms with E-state index in [1.165, 1.54) is 0 Å². The normalized spacial score (nSPS) is 20.4. The van der Waals surface area contributed by atoms with Crippen molar-refractivity contribution in [2.75, 3.05) is 0 Å². The number of hydrogen-bond donors (Lipinski definition) is 0. The molecule has 1 aromatic rings. The highest BCUT2D eigenvalue weighted by molar-refractivity contribution is 7.81. The van der Waals surface area contributed by atoms with E-state index in [4.69, 9.17) is 12.2 Å². The van der Waals surface area contributed by atoms with E-state index in [2.05, 4.69) is 0 Å². The molecule has 0 amide bonds. The minimum atomic E-state index is -0.879. The molecule has 2 rings (SSSR count). The molecule has 0 radical (unpaired) electrons. The maximum absolute atomic E-state index is 13.5. The molecule has 1 aliphatic carbocycles. The molecule has 0 bridgehead atoms. The van der Waals surface area contributed by atoms with Crippen molar-refractivity contribution in [3.8, 4) is 0 Å². The third-order valence-electron chi connectivity index (χ3n) is 5.67. The lowest BCUT2D eigenvalue weighted by Crippen LogP contribution is -2.44. The largest absolute Gasteiger partial charge is 0.298 e. The Balaban J connectivity index is 2.64. The fourth-order valence-electron chi connectivity index (χ4n) is 3.63. The molecule has 0 aromatic heterocycles. The maximum atomic E-state index is 13.5. The molecular weight excluding hydrogens is 323 g/mol. The zero-order valence-electron chi connectivity index (χ0n) is 15.3. The molecule has 130 valence electrons. The van der Waals surface area contributed by atoms with Crippen molar-refractivity contribution >= 4 is 28.6 Å². The second-order valence-electron chi connectivity index (χ2n) is 7.50. The van der Waals surface area contributed by atoms with Crippen LogP contribution in [0.2, 0.25) is 0 Å². The summed E-state index contributed by atoms with van der Waals surface area (Å²) in [5.74, 6) is -1.10. The van der Waals surface area contributed by atoms with Crippen molar-refractivity contribution < 1.29 is 14.0 Å². The van der Waals surface area contributed by atoms with Crippen molar-refractivity contribution in [3.05, 3.63) is 33.4 Å². The van der Waals surface area contributed by atoms with Crippen LogP contribution in [0.1, 0.15) is 60.1 Å².